The van der Waals surface area contributed by atoms with Crippen LogP contribution in [0.1, 0.15) is 30.3 Å². The molecule has 0 atom stereocenters. The van der Waals surface area contributed by atoms with Crippen molar-refractivity contribution in [3.63, 3.8) is 0 Å². The summed E-state index contributed by atoms with van der Waals surface area (Å²) in [5, 5.41) is 17.3. The topological polar surface area (TPSA) is 103 Å². The zero-order valence-electron chi connectivity index (χ0n) is 11.5. The second kappa shape index (κ2) is 8.73. The van der Waals surface area contributed by atoms with Gasteiger partial charge in [0, 0.05) is 25.8 Å². The standard InChI is InChI=1S/C13H20N4O3/c1-2-3-6-16-13(20)17-9-8-15-12(19)11-10(18)5-4-7-14-11/h4-5,7,18H,2-3,6,8-9H2,1H3,(H,15,19)(H2,16,17,20). The SMILES string of the molecule is CCCCNC(=O)NCCNC(=O)c1ncccc1O. The Labute approximate surface area is 117 Å². The molecule has 1 rings (SSSR count). The van der Waals surface area contributed by atoms with Crippen LogP contribution in [0.2, 0.25) is 0 Å². The first-order valence-corrected chi connectivity index (χ1v) is 6.59. The molecule has 0 radical (unpaired) electrons. The Balaban J connectivity index is 2.20. The molecule has 7 nitrogen and oxygen atoms in total. The van der Waals surface area contributed by atoms with Crippen LogP contribution in [0.15, 0.2) is 18.3 Å². The lowest BCUT2D eigenvalue weighted by Gasteiger charge is -2.08. The van der Waals surface area contributed by atoms with Gasteiger partial charge >= 0.3 is 6.03 Å². The molecule has 3 amide bonds. The Bertz CT molecular complexity index is 451. The summed E-state index contributed by atoms with van der Waals surface area (Å²) in [4.78, 5) is 26.7. The number of aromatic hydroxyl groups is 1. The number of nitrogens with zero attached hydrogens (tertiary/aromatic N) is 1. The van der Waals surface area contributed by atoms with Crippen LogP contribution < -0.4 is 16.0 Å². The van der Waals surface area contributed by atoms with Crippen molar-refractivity contribution in [1.82, 2.24) is 20.9 Å². The van der Waals surface area contributed by atoms with Gasteiger partial charge < -0.3 is 21.1 Å². The lowest BCUT2D eigenvalue weighted by Crippen LogP contribution is -2.40. The monoisotopic (exact) mass is 280 g/mol. The first-order chi connectivity index (χ1) is 9.65. The third-order valence-electron chi connectivity index (χ3n) is 2.51. The first kappa shape index (κ1) is 15.7. The third-order valence-corrected chi connectivity index (χ3v) is 2.51. The van der Waals surface area contributed by atoms with E-state index in [-0.39, 0.29) is 24.0 Å². The molecule has 20 heavy (non-hydrogen) atoms. The van der Waals surface area contributed by atoms with Gasteiger partial charge in [-0.3, -0.25) is 4.79 Å². The van der Waals surface area contributed by atoms with Crippen LogP contribution >= 0.6 is 0 Å². The number of rotatable bonds is 7. The molecular weight excluding hydrogens is 260 g/mol. The fraction of sp³-hybridized carbons (Fsp3) is 0.462. The molecule has 0 bridgehead atoms. The predicted molar refractivity (Wildman–Crippen MR) is 74.5 cm³/mol. The van der Waals surface area contributed by atoms with Crippen molar-refractivity contribution in [2.45, 2.75) is 19.8 Å². The number of hydrogen-bond acceptors (Lipinski definition) is 4. The summed E-state index contributed by atoms with van der Waals surface area (Å²) in [5.74, 6) is -0.647. The number of amides is 3. The second-order valence-corrected chi connectivity index (χ2v) is 4.16. The minimum atomic E-state index is -0.476. The van der Waals surface area contributed by atoms with E-state index >= 15 is 0 Å². The van der Waals surface area contributed by atoms with Crippen LogP contribution in [0.25, 0.3) is 0 Å². The van der Waals surface area contributed by atoms with E-state index in [0.717, 1.165) is 12.8 Å². The molecule has 0 saturated heterocycles. The van der Waals surface area contributed by atoms with E-state index in [0.29, 0.717) is 13.1 Å². The van der Waals surface area contributed by atoms with Gasteiger partial charge in [0.15, 0.2) is 5.69 Å². The molecule has 0 saturated carbocycles. The summed E-state index contributed by atoms with van der Waals surface area (Å²) in [6.45, 7) is 3.24. The van der Waals surface area contributed by atoms with Crippen LogP contribution in [0, 0.1) is 0 Å². The molecule has 7 heteroatoms. The molecule has 1 aromatic rings. The van der Waals surface area contributed by atoms with E-state index in [1.165, 1.54) is 18.3 Å². The molecule has 110 valence electrons. The van der Waals surface area contributed by atoms with Gasteiger partial charge in [-0.1, -0.05) is 13.3 Å². The number of carbonyl (C=O) groups is 2. The number of unbranched alkanes of at least 4 members (excludes halogenated alkanes) is 1. The summed E-state index contributed by atoms with van der Waals surface area (Å²) in [7, 11) is 0. The van der Waals surface area contributed by atoms with E-state index in [2.05, 4.69) is 20.9 Å². The highest BCUT2D eigenvalue weighted by Crippen LogP contribution is 2.11. The molecule has 0 spiro atoms. The van der Waals surface area contributed by atoms with E-state index in [4.69, 9.17) is 0 Å². The van der Waals surface area contributed by atoms with Gasteiger partial charge in [0.05, 0.1) is 0 Å². The highest BCUT2D eigenvalue weighted by molar-refractivity contribution is 5.94. The lowest BCUT2D eigenvalue weighted by atomic mass is 10.3. The number of nitrogens with one attached hydrogen (secondary N) is 3. The number of pyridine rings is 1. The van der Waals surface area contributed by atoms with E-state index < -0.39 is 5.91 Å². The van der Waals surface area contributed by atoms with Crippen LogP contribution in [-0.2, 0) is 0 Å². The highest BCUT2D eigenvalue weighted by atomic mass is 16.3. The normalized spacial score (nSPS) is 9.85. The Kier molecular flexibility index (Phi) is 6.88. The first-order valence-electron chi connectivity index (χ1n) is 6.59. The van der Waals surface area contributed by atoms with Gasteiger partial charge in [-0.2, -0.15) is 0 Å². The van der Waals surface area contributed by atoms with Crippen LogP contribution in [0.5, 0.6) is 5.75 Å². The average molecular weight is 280 g/mol. The number of hydrogen-bond donors (Lipinski definition) is 4. The summed E-state index contributed by atoms with van der Waals surface area (Å²) in [6, 6.07) is 2.67. The molecular formula is C13H20N4O3. The Morgan fingerprint density at radius 3 is 2.60 bits per heavy atom. The number of aromatic nitrogens is 1. The van der Waals surface area contributed by atoms with E-state index in [9.17, 15) is 14.7 Å². The Morgan fingerprint density at radius 2 is 1.90 bits per heavy atom. The van der Waals surface area contributed by atoms with Gasteiger partial charge in [-0.15, -0.1) is 0 Å². The number of carbonyl (C=O) groups excluding carboxylic acids is 2. The molecule has 0 unspecified atom stereocenters. The van der Waals surface area contributed by atoms with Crippen molar-refractivity contribution in [2.24, 2.45) is 0 Å². The van der Waals surface area contributed by atoms with Gasteiger partial charge in [0.25, 0.3) is 5.91 Å². The van der Waals surface area contributed by atoms with Crippen molar-refractivity contribution in [2.75, 3.05) is 19.6 Å². The lowest BCUT2D eigenvalue weighted by molar-refractivity contribution is 0.0946. The van der Waals surface area contributed by atoms with E-state index in [1.54, 1.807) is 0 Å². The summed E-state index contributed by atoms with van der Waals surface area (Å²) in [6.07, 6.45) is 3.38. The number of urea groups is 1. The van der Waals surface area contributed by atoms with Gasteiger partial charge in [-0.05, 0) is 18.6 Å². The molecule has 0 fully saturated rings. The maximum atomic E-state index is 11.7. The van der Waals surface area contributed by atoms with E-state index in [1.807, 2.05) is 6.92 Å². The van der Waals surface area contributed by atoms with Gasteiger partial charge in [-0.25, -0.2) is 9.78 Å². The average Bonchev–Trinajstić information content (AvgIpc) is 2.44. The summed E-state index contributed by atoms with van der Waals surface area (Å²) in [5.41, 5.74) is -0.0279. The van der Waals surface area contributed by atoms with Crippen LogP contribution in [0.4, 0.5) is 4.79 Å². The maximum Gasteiger partial charge on any atom is 0.314 e. The largest absolute Gasteiger partial charge is 0.505 e. The van der Waals surface area contributed by atoms with Gasteiger partial charge in [0.1, 0.15) is 5.75 Å². The quantitative estimate of drug-likeness (QED) is 0.550. The molecule has 0 aliphatic carbocycles. The van der Waals surface area contributed by atoms with Crippen molar-refractivity contribution in [3.05, 3.63) is 24.0 Å². The van der Waals surface area contributed by atoms with Crippen molar-refractivity contribution >= 4 is 11.9 Å². The van der Waals surface area contributed by atoms with Crippen molar-refractivity contribution in [1.29, 1.82) is 0 Å². The summed E-state index contributed by atoms with van der Waals surface area (Å²) < 4.78 is 0. The van der Waals surface area contributed by atoms with Crippen molar-refractivity contribution in [3.8, 4) is 5.75 Å². The highest BCUT2D eigenvalue weighted by Gasteiger charge is 2.11. The van der Waals surface area contributed by atoms with Gasteiger partial charge in [0.2, 0.25) is 0 Å². The molecule has 4 N–H and O–H groups in total. The third kappa shape index (κ3) is 5.55. The Morgan fingerprint density at radius 1 is 1.20 bits per heavy atom. The van der Waals surface area contributed by atoms with Crippen LogP contribution in [-0.4, -0.2) is 41.7 Å². The summed E-state index contributed by atoms with van der Waals surface area (Å²) >= 11 is 0. The zero-order chi connectivity index (χ0) is 14.8. The molecule has 1 heterocycles. The van der Waals surface area contributed by atoms with Crippen molar-refractivity contribution < 1.29 is 14.7 Å². The zero-order valence-corrected chi connectivity index (χ0v) is 11.5. The van der Waals surface area contributed by atoms with Crippen LogP contribution in [0.3, 0.4) is 0 Å². The molecule has 0 aromatic carbocycles. The maximum absolute atomic E-state index is 11.7. The smallest absolute Gasteiger partial charge is 0.314 e. The predicted octanol–water partition coefficient (Wildman–Crippen LogP) is 0.616. The minimum Gasteiger partial charge on any atom is -0.505 e. The molecule has 0 aliphatic heterocycles. The molecule has 1 aromatic heterocycles. The Hall–Kier alpha value is -2.31. The fourth-order valence-electron chi connectivity index (χ4n) is 1.45. The fourth-order valence-corrected chi connectivity index (χ4v) is 1.45. The molecule has 0 aliphatic rings. The minimum absolute atomic E-state index is 0.0279. The second-order valence-electron chi connectivity index (χ2n) is 4.16.